The Morgan fingerprint density at radius 3 is 2.52 bits per heavy atom. The van der Waals surface area contributed by atoms with Gasteiger partial charge < -0.3 is 10.3 Å². The predicted octanol–water partition coefficient (Wildman–Crippen LogP) is 4.60. The van der Waals surface area contributed by atoms with Crippen molar-refractivity contribution >= 4 is 28.6 Å². The molecule has 130 valence electrons. The fourth-order valence-electron chi connectivity index (χ4n) is 2.37. The Bertz CT molecular complexity index is 872. The number of aromatic nitrogens is 1. The zero-order chi connectivity index (χ0) is 17.9. The summed E-state index contributed by atoms with van der Waals surface area (Å²) < 4.78 is 37.5. The van der Waals surface area contributed by atoms with Crippen LogP contribution in [0.2, 0.25) is 0 Å². The van der Waals surface area contributed by atoms with E-state index < -0.39 is 11.7 Å². The van der Waals surface area contributed by atoms with Crippen LogP contribution in [-0.4, -0.2) is 16.6 Å². The zero-order valence-corrected chi connectivity index (χ0v) is 13.9. The van der Waals surface area contributed by atoms with Crippen molar-refractivity contribution in [2.75, 3.05) is 5.75 Å². The summed E-state index contributed by atoms with van der Waals surface area (Å²) in [7, 11) is 0. The molecule has 0 unspecified atom stereocenters. The first-order chi connectivity index (χ1) is 11.9. The summed E-state index contributed by atoms with van der Waals surface area (Å²) in [6.07, 6.45) is -2.49. The van der Waals surface area contributed by atoms with E-state index in [1.165, 1.54) is 23.9 Å². The molecule has 0 atom stereocenters. The molecule has 2 aromatic carbocycles. The third-order valence-corrected chi connectivity index (χ3v) is 4.74. The lowest BCUT2D eigenvalue weighted by molar-refractivity contribution is -0.137. The van der Waals surface area contributed by atoms with Gasteiger partial charge in [-0.25, -0.2) is 0 Å². The number of H-pyrrole nitrogens is 1. The lowest BCUT2D eigenvalue weighted by Gasteiger charge is -2.08. The number of benzene rings is 2. The molecule has 0 bridgehead atoms. The fourth-order valence-corrected chi connectivity index (χ4v) is 3.24. The van der Waals surface area contributed by atoms with Crippen LogP contribution >= 0.6 is 11.8 Å². The van der Waals surface area contributed by atoms with E-state index in [0.717, 1.165) is 27.9 Å². The van der Waals surface area contributed by atoms with Gasteiger partial charge >= 0.3 is 6.18 Å². The van der Waals surface area contributed by atoms with Gasteiger partial charge in [0.25, 0.3) is 0 Å². The number of nitrogens with one attached hydrogen (secondary N) is 2. The second-order valence-corrected chi connectivity index (χ2v) is 6.48. The summed E-state index contributed by atoms with van der Waals surface area (Å²) >= 11 is 1.41. The monoisotopic (exact) mass is 364 g/mol. The van der Waals surface area contributed by atoms with Gasteiger partial charge in [-0.3, -0.25) is 4.79 Å². The van der Waals surface area contributed by atoms with Crippen LogP contribution in [0.4, 0.5) is 13.2 Å². The molecule has 0 saturated heterocycles. The van der Waals surface area contributed by atoms with E-state index in [1.54, 1.807) is 0 Å². The van der Waals surface area contributed by atoms with Crippen molar-refractivity contribution in [3.05, 3.63) is 65.9 Å². The second-order valence-electron chi connectivity index (χ2n) is 5.46. The molecule has 0 radical (unpaired) electrons. The zero-order valence-electron chi connectivity index (χ0n) is 13.1. The number of carbonyl (C=O) groups is 1. The number of hydrogen-bond acceptors (Lipinski definition) is 2. The lowest BCUT2D eigenvalue weighted by atomic mass is 10.1. The van der Waals surface area contributed by atoms with Crippen molar-refractivity contribution in [2.45, 2.75) is 17.6 Å². The van der Waals surface area contributed by atoms with Crippen molar-refractivity contribution in [2.24, 2.45) is 0 Å². The lowest BCUT2D eigenvalue weighted by Crippen LogP contribution is -2.24. The molecule has 2 N–H and O–H groups in total. The van der Waals surface area contributed by atoms with Crippen LogP contribution in [0, 0.1) is 0 Å². The first-order valence-corrected chi connectivity index (χ1v) is 8.54. The molecule has 1 aromatic heterocycles. The van der Waals surface area contributed by atoms with E-state index in [1.807, 2.05) is 30.5 Å². The minimum Gasteiger partial charge on any atom is -0.360 e. The molecule has 0 spiro atoms. The normalized spacial score (nSPS) is 11.6. The Hall–Kier alpha value is -2.41. The number of fused-ring (bicyclic) bond motifs is 1. The molecule has 1 heterocycles. The van der Waals surface area contributed by atoms with E-state index in [0.29, 0.717) is 5.56 Å². The molecule has 1 amide bonds. The van der Waals surface area contributed by atoms with Gasteiger partial charge in [0.2, 0.25) is 5.91 Å². The van der Waals surface area contributed by atoms with Crippen LogP contribution in [0.5, 0.6) is 0 Å². The number of aromatic amines is 1. The molecule has 0 aliphatic carbocycles. The van der Waals surface area contributed by atoms with Gasteiger partial charge in [0.15, 0.2) is 0 Å². The summed E-state index contributed by atoms with van der Waals surface area (Å²) in [4.78, 5) is 16.1. The third-order valence-electron chi connectivity index (χ3n) is 3.68. The van der Waals surface area contributed by atoms with Gasteiger partial charge in [-0.05, 0) is 23.8 Å². The van der Waals surface area contributed by atoms with Gasteiger partial charge in [-0.15, -0.1) is 11.8 Å². The Morgan fingerprint density at radius 2 is 1.80 bits per heavy atom. The number of amides is 1. The number of hydrogen-bond donors (Lipinski definition) is 2. The fraction of sp³-hybridized carbons (Fsp3) is 0.167. The largest absolute Gasteiger partial charge is 0.416 e. The van der Waals surface area contributed by atoms with Gasteiger partial charge in [-0.2, -0.15) is 13.2 Å². The summed E-state index contributed by atoms with van der Waals surface area (Å²) in [6, 6.07) is 12.6. The molecule has 3 nitrogen and oxygen atoms in total. The highest BCUT2D eigenvalue weighted by atomic mass is 32.2. The minimum atomic E-state index is -4.35. The summed E-state index contributed by atoms with van der Waals surface area (Å²) in [5, 5.41) is 3.77. The first kappa shape index (κ1) is 17.4. The molecule has 0 fully saturated rings. The maximum Gasteiger partial charge on any atom is 0.416 e. The first-order valence-electron chi connectivity index (χ1n) is 7.55. The molecule has 7 heteroatoms. The van der Waals surface area contributed by atoms with Crippen molar-refractivity contribution in [1.29, 1.82) is 0 Å². The maximum atomic E-state index is 12.5. The number of carbonyl (C=O) groups excluding carboxylic acids is 1. The Kier molecular flexibility index (Phi) is 5.03. The summed E-state index contributed by atoms with van der Waals surface area (Å²) in [6.45, 7) is 0.200. The Balaban J connectivity index is 1.51. The van der Waals surface area contributed by atoms with Gasteiger partial charge in [-0.1, -0.05) is 30.3 Å². The highest BCUT2D eigenvalue weighted by molar-refractivity contribution is 8.00. The van der Waals surface area contributed by atoms with Crippen LogP contribution in [0.3, 0.4) is 0 Å². The molecule has 25 heavy (non-hydrogen) atoms. The quantitative estimate of drug-likeness (QED) is 0.650. The molecule has 0 aliphatic rings. The van der Waals surface area contributed by atoms with E-state index in [4.69, 9.17) is 0 Å². The van der Waals surface area contributed by atoms with E-state index >= 15 is 0 Å². The smallest absolute Gasteiger partial charge is 0.360 e. The van der Waals surface area contributed by atoms with Crippen LogP contribution in [-0.2, 0) is 17.5 Å². The summed E-state index contributed by atoms with van der Waals surface area (Å²) in [5.74, 6) is 0.0674. The SMILES string of the molecule is O=C(CSc1c[nH]c2ccccc12)NCc1ccc(C(F)(F)F)cc1. The van der Waals surface area contributed by atoms with E-state index in [9.17, 15) is 18.0 Å². The standard InChI is InChI=1S/C18H15F3N2OS/c19-18(20,21)13-7-5-12(6-8-13)9-23-17(24)11-25-16-10-22-15-4-2-1-3-14(15)16/h1-8,10,22H,9,11H2,(H,23,24). The predicted molar refractivity (Wildman–Crippen MR) is 92.3 cm³/mol. The van der Waals surface area contributed by atoms with Gasteiger partial charge in [0, 0.05) is 28.5 Å². The van der Waals surface area contributed by atoms with Gasteiger partial charge in [0.1, 0.15) is 0 Å². The van der Waals surface area contributed by atoms with Gasteiger partial charge in [0.05, 0.1) is 11.3 Å². The average molecular weight is 364 g/mol. The maximum absolute atomic E-state index is 12.5. The number of halogens is 3. The second kappa shape index (κ2) is 7.23. The highest BCUT2D eigenvalue weighted by Gasteiger charge is 2.29. The summed E-state index contributed by atoms with van der Waals surface area (Å²) in [5.41, 5.74) is 0.936. The topological polar surface area (TPSA) is 44.9 Å². The Labute approximate surface area is 146 Å². The number of para-hydroxylation sites is 1. The van der Waals surface area contributed by atoms with Crippen molar-refractivity contribution in [1.82, 2.24) is 10.3 Å². The number of thioether (sulfide) groups is 1. The van der Waals surface area contributed by atoms with E-state index in [-0.39, 0.29) is 18.2 Å². The van der Waals surface area contributed by atoms with Crippen molar-refractivity contribution in [3.8, 4) is 0 Å². The minimum absolute atomic E-state index is 0.171. The van der Waals surface area contributed by atoms with Crippen LogP contribution in [0.25, 0.3) is 10.9 Å². The molecule has 0 saturated carbocycles. The molecule has 3 aromatic rings. The van der Waals surface area contributed by atoms with Crippen LogP contribution < -0.4 is 5.32 Å². The number of rotatable bonds is 5. The van der Waals surface area contributed by atoms with Crippen molar-refractivity contribution < 1.29 is 18.0 Å². The third kappa shape index (κ3) is 4.36. The number of alkyl halides is 3. The van der Waals surface area contributed by atoms with Crippen molar-refractivity contribution in [3.63, 3.8) is 0 Å². The molecular formula is C18H15F3N2OS. The molecule has 3 rings (SSSR count). The molecular weight excluding hydrogens is 349 g/mol. The highest BCUT2D eigenvalue weighted by Crippen LogP contribution is 2.29. The van der Waals surface area contributed by atoms with Crippen LogP contribution in [0.15, 0.2) is 59.6 Å². The Morgan fingerprint density at radius 1 is 1.08 bits per heavy atom. The molecule has 0 aliphatic heterocycles. The average Bonchev–Trinajstić information content (AvgIpc) is 3.01. The van der Waals surface area contributed by atoms with E-state index in [2.05, 4.69) is 10.3 Å². The van der Waals surface area contributed by atoms with Crippen LogP contribution in [0.1, 0.15) is 11.1 Å².